The van der Waals surface area contributed by atoms with Gasteiger partial charge in [0.2, 0.25) is 0 Å². The molecule has 2 rings (SSSR count). The summed E-state index contributed by atoms with van der Waals surface area (Å²) < 4.78 is 5.59. The third-order valence-corrected chi connectivity index (χ3v) is 5.11. The van der Waals surface area contributed by atoms with Gasteiger partial charge >= 0.3 is 0 Å². The molecule has 1 aromatic rings. The SMILES string of the molecule is CCNC(c1ccc(Cl)cc1OC)C1CCCCC1CC. The van der Waals surface area contributed by atoms with Crippen molar-refractivity contribution in [2.24, 2.45) is 11.8 Å². The van der Waals surface area contributed by atoms with Crippen molar-refractivity contribution in [2.75, 3.05) is 13.7 Å². The maximum Gasteiger partial charge on any atom is 0.125 e. The van der Waals surface area contributed by atoms with Gasteiger partial charge in [-0.05, 0) is 36.9 Å². The smallest absolute Gasteiger partial charge is 0.125 e. The van der Waals surface area contributed by atoms with Gasteiger partial charge in [0.15, 0.2) is 0 Å². The van der Waals surface area contributed by atoms with E-state index in [1.165, 1.54) is 37.7 Å². The molecule has 21 heavy (non-hydrogen) atoms. The number of halogens is 1. The minimum atomic E-state index is 0.368. The van der Waals surface area contributed by atoms with E-state index in [0.29, 0.717) is 12.0 Å². The van der Waals surface area contributed by atoms with Crippen molar-refractivity contribution in [1.29, 1.82) is 0 Å². The van der Waals surface area contributed by atoms with Crippen LogP contribution in [0.5, 0.6) is 5.75 Å². The van der Waals surface area contributed by atoms with Crippen LogP contribution in [-0.2, 0) is 0 Å². The van der Waals surface area contributed by atoms with Crippen LogP contribution in [-0.4, -0.2) is 13.7 Å². The van der Waals surface area contributed by atoms with Crippen molar-refractivity contribution in [3.63, 3.8) is 0 Å². The number of methoxy groups -OCH3 is 1. The minimum Gasteiger partial charge on any atom is -0.496 e. The number of hydrogen-bond donors (Lipinski definition) is 1. The lowest BCUT2D eigenvalue weighted by Crippen LogP contribution is -2.34. The first-order valence-corrected chi connectivity index (χ1v) is 8.65. The molecule has 1 N–H and O–H groups in total. The summed E-state index contributed by atoms with van der Waals surface area (Å²) in [5.74, 6) is 2.41. The summed E-state index contributed by atoms with van der Waals surface area (Å²) in [6.45, 7) is 5.48. The van der Waals surface area contributed by atoms with Crippen LogP contribution in [0.3, 0.4) is 0 Å². The van der Waals surface area contributed by atoms with Gasteiger partial charge in [0.25, 0.3) is 0 Å². The van der Waals surface area contributed by atoms with Gasteiger partial charge in [-0.1, -0.05) is 57.2 Å². The summed E-state index contributed by atoms with van der Waals surface area (Å²) in [7, 11) is 1.73. The number of ether oxygens (including phenoxy) is 1. The van der Waals surface area contributed by atoms with E-state index in [1.807, 2.05) is 12.1 Å². The molecule has 1 aliphatic rings. The fourth-order valence-corrected chi connectivity index (χ4v) is 4.00. The number of hydrogen-bond acceptors (Lipinski definition) is 2. The zero-order valence-electron chi connectivity index (χ0n) is 13.5. The summed E-state index contributed by atoms with van der Waals surface area (Å²) in [5, 5.41) is 4.44. The lowest BCUT2D eigenvalue weighted by molar-refractivity contribution is 0.174. The minimum absolute atomic E-state index is 0.368. The molecule has 2 nitrogen and oxygen atoms in total. The molecule has 0 aromatic heterocycles. The van der Waals surface area contributed by atoms with Crippen molar-refractivity contribution in [3.05, 3.63) is 28.8 Å². The molecular formula is C18H28ClNO. The lowest BCUT2D eigenvalue weighted by atomic mass is 9.72. The van der Waals surface area contributed by atoms with Gasteiger partial charge in [-0.25, -0.2) is 0 Å². The summed E-state index contributed by atoms with van der Waals surface area (Å²) in [5.41, 5.74) is 1.26. The Balaban J connectivity index is 2.33. The Morgan fingerprint density at radius 2 is 2.05 bits per heavy atom. The Morgan fingerprint density at radius 1 is 1.29 bits per heavy atom. The standard InChI is InChI=1S/C18H28ClNO/c1-4-13-8-6-7-9-15(13)18(20-5-2)16-11-10-14(19)12-17(16)21-3/h10-13,15,18,20H,4-9H2,1-3H3. The predicted molar refractivity (Wildman–Crippen MR) is 90.2 cm³/mol. The van der Waals surface area contributed by atoms with E-state index in [2.05, 4.69) is 25.2 Å². The monoisotopic (exact) mass is 309 g/mol. The normalized spacial score (nSPS) is 23.8. The molecule has 1 aromatic carbocycles. The zero-order chi connectivity index (χ0) is 15.2. The predicted octanol–water partition coefficient (Wildman–Crippen LogP) is 5.22. The van der Waals surface area contributed by atoms with E-state index in [9.17, 15) is 0 Å². The van der Waals surface area contributed by atoms with Crippen LogP contribution in [0.2, 0.25) is 5.02 Å². The quantitative estimate of drug-likeness (QED) is 0.778. The van der Waals surface area contributed by atoms with E-state index in [-0.39, 0.29) is 0 Å². The highest BCUT2D eigenvalue weighted by atomic mass is 35.5. The molecule has 0 aliphatic heterocycles. The van der Waals surface area contributed by atoms with Gasteiger partial charge in [0, 0.05) is 16.6 Å². The Labute approximate surface area is 134 Å². The molecule has 0 spiro atoms. The second-order valence-electron chi connectivity index (χ2n) is 6.04. The van der Waals surface area contributed by atoms with Crippen molar-refractivity contribution in [2.45, 2.75) is 52.0 Å². The average Bonchev–Trinajstić information content (AvgIpc) is 2.53. The van der Waals surface area contributed by atoms with Gasteiger partial charge in [0.05, 0.1) is 7.11 Å². The third-order valence-electron chi connectivity index (χ3n) is 4.88. The summed E-state index contributed by atoms with van der Waals surface area (Å²) in [6.07, 6.45) is 6.66. The molecule has 3 unspecified atom stereocenters. The third kappa shape index (κ3) is 3.92. The van der Waals surface area contributed by atoms with Gasteiger partial charge in [-0.15, -0.1) is 0 Å². The average molecular weight is 310 g/mol. The van der Waals surface area contributed by atoms with Crippen molar-refractivity contribution in [3.8, 4) is 5.75 Å². The number of rotatable bonds is 6. The van der Waals surface area contributed by atoms with Crippen molar-refractivity contribution < 1.29 is 4.74 Å². The fraction of sp³-hybridized carbons (Fsp3) is 0.667. The largest absolute Gasteiger partial charge is 0.496 e. The topological polar surface area (TPSA) is 21.3 Å². The first-order valence-electron chi connectivity index (χ1n) is 8.28. The maximum atomic E-state index is 6.12. The van der Waals surface area contributed by atoms with E-state index < -0.39 is 0 Å². The molecule has 1 aliphatic carbocycles. The van der Waals surface area contributed by atoms with Crippen LogP contribution in [0.4, 0.5) is 0 Å². The molecule has 1 fully saturated rings. The van der Waals surface area contributed by atoms with Crippen LogP contribution in [0.15, 0.2) is 18.2 Å². The number of benzene rings is 1. The van der Waals surface area contributed by atoms with E-state index >= 15 is 0 Å². The maximum absolute atomic E-state index is 6.12. The molecule has 3 heteroatoms. The molecular weight excluding hydrogens is 282 g/mol. The highest BCUT2D eigenvalue weighted by molar-refractivity contribution is 6.30. The van der Waals surface area contributed by atoms with Crippen LogP contribution in [0.25, 0.3) is 0 Å². The first kappa shape index (κ1) is 16.6. The van der Waals surface area contributed by atoms with E-state index in [4.69, 9.17) is 16.3 Å². The van der Waals surface area contributed by atoms with E-state index in [1.54, 1.807) is 7.11 Å². The molecule has 118 valence electrons. The van der Waals surface area contributed by atoms with Gasteiger partial charge < -0.3 is 10.1 Å². The Kier molecular flexibility index (Phi) is 6.38. The molecule has 0 heterocycles. The van der Waals surface area contributed by atoms with Crippen molar-refractivity contribution >= 4 is 11.6 Å². The molecule has 1 saturated carbocycles. The molecule has 3 atom stereocenters. The number of nitrogens with one attached hydrogen (secondary N) is 1. The second kappa shape index (κ2) is 8.05. The lowest BCUT2D eigenvalue weighted by Gasteiger charge is -2.38. The molecule has 0 saturated heterocycles. The zero-order valence-corrected chi connectivity index (χ0v) is 14.2. The van der Waals surface area contributed by atoms with Gasteiger partial charge in [-0.2, -0.15) is 0 Å². The summed E-state index contributed by atoms with van der Waals surface area (Å²) >= 11 is 6.12. The highest BCUT2D eigenvalue weighted by Crippen LogP contribution is 2.42. The van der Waals surface area contributed by atoms with E-state index in [0.717, 1.165) is 23.2 Å². The molecule has 0 bridgehead atoms. The molecule has 0 amide bonds. The highest BCUT2D eigenvalue weighted by Gasteiger charge is 2.32. The molecule has 0 radical (unpaired) electrons. The summed E-state index contributed by atoms with van der Waals surface area (Å²) in [4.78, 5) is 0. The van der Waals surface area contributed by atoms with Crippen LogP contribution < -0.4 is 10.1 Å². The second-order valence-corrected chi connectivity index (χ2v) is 6.47. The summed E-state index contributed by atoms with van der Waals surface area (Å²) in [6, 6.07) is 6.42. The van der Waals surface area contributed by atoms with Crippen molar-refractivity contribution in [1.82, 2.24) is 5.32 Å². The Bertz CT molecular complexity index is 449. The Hall–Kier alpha value is -0.730. The van der Waals surface area contributed by atoms with Gasteiger partial charge in [0.1, 0.15) is 5.75 Å². The van der Waals surface area contributed by atoms with Crippen LogP contribution >= 0.6 is 11.6 Å². The Morgan fingerprint density at radius 3 is 2.71 bits per heavy atom. The first-order chi connectivity index (χ1) is 10.2. The fourth-order valence-electron chi connectivity index (χ4n) is 3.84. The van der Waals surface area contributed by atoms with Crippen LogP contribution in [0.1, 0.15) is 57.6 Å². The van der Waals surface area contributed by atoms with Gasteiger partial charge in [-0.3, -0.25) is 0 Å². The van der Waals surface area contributed by atoms with Crippen LogP contribution in [0, 0.1) is 11.8 Å².